The van der Waals surface area contributed by atoms with Crippen LogP contribution >= 0.6 is 0 Å². The molecule has 3 aromatic carbocycles. The van der Waals surface area contributed by atoms with Crippen molar-refractivity contribution in [2.75, 3.05) is 19.6 Å². The molecule has 0 unspecified atom stereocenters. The van der Waals surface area contributed by atoms with Crippen molar-refractivity contribution in [3.8, 4) is 22.9 Å². The molecule has 0 radical (unpaired) electrons. The predicted molar refractivity (Wildman–Crippen MR) is 148 cm³/mol. The molecule has 244 valence electrons. The Bertz CT molecular complexity index is 2070. The third kappa shape index (κ3) is 6.79. The number of anilines is 1. The standard InChI is InChI=1S/C22H18N8O13S2.H2O/c1-42-17-8-15(29(32)33)19(44(36,37)38)10-13(17)27-21(22(31)25-23-12-6-4-3-5-7-12)24-26-28(27)14-11-20(45(39,40)41)16(30(34)35)9-18(14)43-2;/h3-11H,1-2H3,(H3,26,31,36,37,38,39,40,41);1H2. The van der Waals surface area contributed by atoms with E-state index in [1.165, 1.54) is 0 Å². The molecule has 0 bridgehead atoms. The Morgan fingerprint density at radius 2 is 1.41 bits per heavy atom. The van der Waals surface area contributed by atoms with Gasteiger partial charge in [0.15, 0.2) is 37.9 Å². The van der Waals surface area contributed by atoms with Gasteiger partial charge in [-0.05, 0) is 16.9 Å². The average Bonchev–Trinajstić information content (AvgIpc) is 3.42. The van der Waals surface area contributed by atoms with Crippen LogP contribution in [0.5, 0.6) is 11.5 Å². The predicted octanol–water partition coefficient (Wildman–Crippen LogP) is 0.451. The summed E-state index contributed by atoms with van der Waals surface area (Å²) in [6.45, 7) is 0. The molecule has 1 aromatic heterocycles. The number of hydrogen-bond acceptors (Lipinski definition) is 15. The molecule has 0 aliphatic rings. The van der Waals surface area contributed by atoms with E-state index in [-0.39, 0.29) is 5.48 Å². The number of hydrogen-bond donors (Lipinski definition) is 4. The second kappa shape index (κ2) is 13.0. The van der Waals surface area contributed by atoms with Gasteiger partial charge in [-0.1, -0.05) is 18.2 Å². The quantitative estimate of drug-likeness (QED) is 0.0721. The monoisotopic (exact) mass is 684 g/mol. The van der Waals surface area contributed by atoms with Gasteiger partial charge in [0.05, 0.1) is 41.9 Å². The van der Waals surface area contributed by atoms with Crippen molar-refractivity contribution in [1.82, 2.24) is 20.5 Å². The molecule has 24 heteroatoms. The summed E-state index contributed by atoms with van der Waals surface area (Å²) < 4.78 is 79.0. The Hall–Kier alpha value is -5.82. The van der Waals surface area contributed by atoms with Gasteiger partial charge in [0.2, 0.25) is 0 Å². The summed E-state index contributed by atoms with van der Waals surface area (Å²) in [6, 6.07) is 10.4. The van der Waals surface area contributed by atoms with Gasteiger partial charge in [0, 0.05) is 12.1 Å². The Balaban J connectivity index is 0.00000576. The van der Waals surface area contributed by atoms with Gasteiger partial charge in [-0.15, -0.1) is 4.68 Å². The molecule has 0 aliphatic carbocycles. The zero-order valence-corrected chi connectivity index (χ0v) is 24.7. The number of benzene rings is 3. The number of ether oxygens (including phenoxy) is 2. The van der Waals surface area contributed by atoms with E-state index in [9.17, 15) is 51.0 Å². The summed E-state index contributed by atoms with van der Waals surface area (Å²) in [6.07, 6.45) is 0. The normalized spacial score (nSPS) is 11.2. The second-order valence-electron chi connectivity index (χ2n) is 8.51. The molecule has 4 rings (SSSR count). The Labute approximate surface area is 256 Å². The molecule has 1 amide bonds. The van der Waals surface area contributed by atoms with Crippen LogP contribution in [-0.2, 0) is 20.2 Å². The number of methoxy groups -OCH3 is 2. The molecule has 22 nitrogen and oxygen atoms in total. The fourth-order valence-corrected chi connectivity index (χ4v) is 5.22. The molecule has 0 spiro atoms. The van der Waals surface area contributed by atoms with Gasteiger partial charge in [-0.2, -0.15) is 16.8 Å². The lowest BCUT2D eigenvalue weighted by Gasteiger charge is -2.13. The molecule has 0 aliphatic heterocycles. The lowest BCUT2D eigenvalue weighted by Crippen LogP contribution is -2.48. The van der Waals surface area contributed by atoms with Crippen LogP contribution in [0.4, 0.5) is 17.1 Å². The first kappa shape index (κ1) is 34.7. The van der Waals surface area contributed by atoms with Gasteiger partial charge < -0.3 is 14.9 Å². The van der Waals surface area contributed by atoms with Crippen molar-refractivity contribution < 1.29 is 60.2 Å². The van der Waals surface area contributed by atoms with Crippen molar-refractivity contribution in [2.24, 2.45) is 0 Å². The first-order chi connectivity index (χ1) is 21.1. The van der Waals surface area contributed by atoms with Gasteiger partial charge >= 0.3 is 32.0 Å². The SMILES string of the molecule is COc1cc([N+](=O)[O-])c(S(=O)(=O)O)cc1-n1nnc(C(=O)NNc2ccccc2)[n+]1-c1cc(S(=O)(=O)O)c([N+](=O)[O-])cc1OC.[OH-]. The van der Waals surface area contributed by atoms with E-state index in [1.807, 2.05) is 0 Å². The summed E-state index contributed by atoms with van der Waals surface area (Å²) in [5.41, 5.74) is 1.92. The second-order valence-corrected chi connectivity index (χ2v) is 11.3. The number of nitro groups is 2. The maximum absolute atomic E-state index is 13.4. The summed E-state index contributed by atoms with van der Waals surface area (Å²) in [5.74, 6) is -2.78. The molecule has 1 heterocycles. The van der Waals surface area contributed by atoms with E-state index in [0.29, 0.717) is 39.4 Å². The van der Waals surface area contributed by atoms with Gasteiger partial charge in [0.1, 0.15) is 5.10 Å². The number of tetrazole rings is 1. The van der Waals surface area contributed by atoms with Crippen molar-refractivity contribution in [2.45, 2.75) is 9.79 Å². The van der Waals surface area contributed by atoms with Crippen LogP contribution in [0.3, 0.4) is 0 Å². The number of rotatable bonds is 11. The van der Waals surface area contributed by atoms with Gasteiger partial charge in [-0.25, -0.2) is 0 Å². The third-order valence-corrected chi connectivity index (χ3v) is 7.59. The summed E-state index contributed by atoms with van der Waals surface area (Å²) in [5, 5.41) is 30.7. The lowest BCUT2D eigenvalue weighted by atomic mass is 10.2. The zero-order valence-electron chi connectivity index (χ0n) is 23.0. The van der Waals surface area contributed by atoms with E-state index < -0.39 is 85.9 Å². The average molecular weight is 685 g/mol. The number of nitrogens with zero attached hydrogens (tertiary/aromatic N) is 6. The Morgan fingerprint density at radius 1 is 0.891 bits per heavy atom. The van der Waals surface area contributed by atoms with Crippen molar-refractivity contribution in [3.63, 3.8) is 0 Å². The number of carbonyl (C=O) groups is 1. The Kier molecular flexibility index (Phi) is 9.83. The van der Waals surface area contributed by atoms with E-state index in [0.717, 1.165) is 14.2 Å². The molecule has 0 saturated carbocycles. The van der Waals surface area contributed by atoms with Crippen molar-refractivity contribution in [3.05, 3.63) is 80.7 Å². The van der Waals surface area contributed by atoms with Crippen molar-refractivity contribution >= 4 is 43.2 Å². The smallest absolute Gasteiger partial charge is 0.397 e. The van der Waals surface area contributed by atoms with Crippen LogP contribution in [0.25, 0.3) is 11.4 Å². The molecule has 0 fully saturated rings. The van der Waals surface area contributed by atoms with E-state index in [2.05, 4.69) is 21.2 Å². The molecule has 0 saturated heterocycles. The fraction of sp³-hybridized carbons (Fsp3) is 0.0909. The van der Waals surface area contributed by atoms with Gasteiger partial charge in [0.25, 0.3) is 11.4 Å². The zero-order chi connectivity index (χ0) is 33.3. The van der Waals surface area contributed by atoms with E-state index in [1.54, 1.807) is 30.3 Å². The largest absolute Gasteiger partial charge is 0.870 e. The van der Waals surface area contributed by atoms with Crippen molar-refractivity contribution in [1.29, 1.82) is 0 Å². The van der Waals surface area contributed by atoms with Crippen LogP contribution in [0.2, 0.25) is 0 Å². The summed E-state index contributed by atoms with van der Waals surface area (Å²) in [4.78, 5) is 32.4. The van der Waals surface area contributed by atoms with Crippen LogP contribution in [0, 0.1) is 20.2 Å². The lowest BCUT2D eigenvalue weighted by molar-refractivity contribution is -0.682. The third-order valence-electron chi connectivity index (χ3n) is 5.83. The topological polar surface area (TPSA) is 319 Å². The summed E-state index contributed by atoms with van der Waals surface area (Å²) in [7, 11) is -8.55. The van der Waals surface area contributed by atoms with E-state index in [4.69, 9.17) is 9.47 Å². The van der Waals surface area contributed by atoms with Crippen LogP contribution in [0.1, 0.15) is 10.6 Å². The minimum absolute atomic E-state index is 0. The van der Waals surface area contributed by atoms with Crippen LogP contribution in [-0.4, -0.2) is 76.5 Å². The molecule has 46 heavy (non-hydrogen) atoms. The fourth-order valence-electron chi connectivity index (χ4n) is 3.90. The van der Waals surface area contributed by atoms with E-state index >= 15 is 0 Å². The molecule has 0 atom stereocenters. The number of nitro benzene ring substituents is 2. The minimum atomic E-state index is -5.31. The van der Waals surface area contributed by atoms with Gasteiger partial charge in [-0.3, -0.25) is 45.0 Å². The maximum Gasteiger partial charge on any atom is 0.397 e. The summed E-state index contributed by atoms with van der Waals surface area (Å²) >= 11 is 0. The highest BCUT2D eigenvalue weighted by Gasteiger charge is 2.38. The highest BCUT2D eigenvalue weighted by atomic mass is 32.2. The maximum atomic E-state index is 13.4. The highest BCUT2D eigenvalue weighted by molar-refractivity contribution is 7.86. The number of hydrazine groups is 1. The Morgan fingerprint density at radius 3 is 1.91 bits per heavy atom. The molecular weight excluding hydrogens is 664 g/mol. The molecule has 5 N–H and O–H groups in total. The number of carbonyl (C=O) groups excluding carboxylic acids is 1. The number of para-hydroxylation sites is 1. The molecular formula is C22H20N8O14S2. The highest BCUT2D eigenvalue weighted by Crippen LogP contribution is 2.35. The minimum Gasteiger partial charge on any atom is -0.870 e. The van der Waals surface area contributed by atoms with Crippen LogP contribution in [0.15, 0.2) is 64.4 Å². The first-order valence-corrected chi connectivity index (χ1v) is 14.6. The number of amides is 1. The number of aromatic nitrogens is 4. The first-order valence-electron chi connectivity index (χ1n) is 11.8. The molecule has 4 aromatic rings. The number of nitrogens with one attached hydrogen (secondary N) is 2. The van der Waals surface area contributed by atoms with Crippen LogP contribution < -0.4 is 25.0 Å².